The van der Waals surface area contributed by atoms with Crippen LogP contribution >= 0.6 is 12.4 Å². The van der Waals surface area contributed by atoms with Crippen molar-refractivity contribution in [3.63, 3.8) is 0 Å². The maximum Gasteiger partial charge on any atom is 0.0459 e. The van der Waals surface area contributed by atoms with Crippen LogP contribution in [0.15, 0.2) is 0 Å². The Bertz CT molecular complexity index is 84.5. The van der Waals surface area contributed by atoms with Crippen molar-refractivity contribution < 1.29 is 10.6 Å². The quantitative estimate of drug-likeness (QED) is 0.605. The monoisotopic (exact) mass is 183 g/mol. The summed E-state index contributed by atoms with van der Waals surface area (Å²) in [5, 5.41) is 8.74. The van der Waals surface area contributed by atoms with Crippen molar-refractivity contribution in [3.05, 3.63) is 0 Å². The number of hydrogen-bond donors (Lipinski definition) is 2. The molecule has 1 aliphatic rings. The summed E-state index contributed by atoms with van der Waals surface area (Å²) < 4.78 is 0. The first-order chi connectivity index (χ1) is 4.33. The van der Waals surface area contributed by atoms with E-state index in [9.17, 15) is 0 Å². The molecule has 0 aromatic rings. The Kier molecular flexibility index (Phi) is 8.56. The van der Waals surface area contributed by atoms with Gasteiger partial charge in [-0.3, -0.25) is 0 Å². The highest BCUT2D eigenvalue weighted by atomic mass is 35.5. The summed E-state index contributed by atoms with van der Waals surface area (Å²) in [4.78, 5) is 0. The van der Waals surface area contributed by atoms with Gasteiger partial charge in [0.1, 0.15) is 0 Å². The van der Waals surface area contributed by atoms with Gasteiger partial charge in [-0.1, -0.05) is 0 Å². The molecule has 0 aromatic carbocycles. The van der Waals surface area contributed by atoms with E-state index in [1.807, 2.05) is 0 Å². The van der Waals surface area contributed by atoms with Crippen molar-refractivity contribution in [1.29, 1.82) is 0 Å². The summed E-state index contributed by atoms with van der Waals surface area (Å²) >= 11 is 0. The third-order valence-electron chi connectivity index (χ3n) is 2.15. The lowest BCUT2D eigenvalue weighted by Crippen LogP contribution is -2.27. The summed E-state index contributed by atoms with van der Waals surface area (Å²) in [6.45, 7) is 0.354. The first kappa shape index (κ1) is 13.7. The van der Waals surface area contributed by atoms with Crippen LogP contribution in [-0.2, 0) is 0 Å². The van der Waals surface area contributed by atoms with Gasteiger partial charge in [0.15, 0.2) is 0 Å². The Labute approximate surface area is 73.7 Å². The number of aliphatic hydroxyl groups is 1. The summed E-state index contributed by atoms with van der Waals surface area (Å²) in [6.07, 6.45) is 4.45. The molecule has 0 unspecified atom stereocenters. The van der Waals surface area contributed by atoms with E-state index in [0.29, 0.717) is 18.6 Å². The fraction of sp³-hybridized carbons (Fsp3) is 1.00. The molecule has 0 radical (unpaired) electrons. The molecule has 1 rings (SSSR count). The molecular formula is C7H18ClNO2. The lowest BCUT2D eigenvalue weighted by molar-refractivity contribution is 0.183. The zero-order chi connectivity index (χ0) is 6.69. The van der Waals surface area contributed by atoms with Crippen molar-refractivity contribution in [2.45, 2.75) is 31.7 Å². The Hall–Kier alpha value is 0.170. The number of hydrogen-bond acceptors (Lipinski definition) is 2. The molecule has 11 heavy (non-hydrogen) atoms. The van der Waals surface area contributed by atoms with Gasteiger partial charge >= 0.3 is 0 Å². The van der Waals surface area contributed by atoms with Crippen LogP contribution in [0.1, 0.15) is 25.7 Å². The van der Waals surface area contributed by atoms with Gasteiger partial charge in [-0.15, -0.1) is 12.4 Å². The van der Waals surface area contributed by atoms with Gasteiger partial charge in [-0.25, -0.2) is 0 Å². The van der Waals surface area contributed by atoms with Crippen LogP contribution in [0.5, 0.6) is 0 Å². The Morgan fingerprint density at radius 3 is 2.00 bits per heavy atom. The molecule has 0 aromatic heterocycles. The summed E-state index contributed by atoms with van der Waals surface area (Å²) in [6, 6.07) is 0.410. The fourth-order valence-corrected chi connectivity index (χ4v) is 1.37. The molecule has 0 amide bonds. The predicted octanol–water partition coefficient (Wildman–Crippen LogP) is 0.0933. The lowest BCUT2D eigenvalue weighted by Gasteiger charge is -2.23. The molecule has 0 bridgehead atoms. The minimum atomic E-state index is 0. The van der Waals surface area contributed by atoms with Crippen LogP contribution in [0, 0.1) is 5.92 Å². The van der Waals surface area contributed by atoms with Crippen molar-refractivity contribution in [1.82, 2.24) is 0 Å². The lowest BCUT2D eigenvalue weighted by atomic mass is 9.87. The van der Waals surface area contributed by atoms with E-state index in [1.54, 1.807) is 0 Å². The molecule has 5 N–H and O–H groups in total. The van der Waals surface area contributed by atoms with Crippen molar-refractivity contribution in [2.75, 3.05) is 6.61 Å². The van der Waals surface area contributed by atoms with Crippen LogP contribution in [-0.4, -0.2) is 23.2 Å². The van der Waals surface area contributed by atoms with Gasteiger partial charge < -0.3 is 16.3 Å². The standard InChI is InChI=1S/C7H15NO.ClH.H2O/c8-7-3-1-6(5-9)2-4-7;;/h6-7,9H,1-5,8H2;1H;1H2. The summed E-state index contributed by atoms with van der Waals surface area (Å²) in [5.41, 5.74) is 5.67. The molecule has 1 saturated carbocycles. The highest BCUT2D eigenvalue weighted by Crippen LogP contribution is 2.21. The maximum absolute atomic E-state index is 8.74. The molecule has 1 fully saturated rings. The maximum atomic E-state index is 8.74. The molecule has 3 nitrogen and oxygen atoms in total. The zero-order valence-electron chi connectivity index (χ0n) is 6.62. The van der Waals surface area contributed by atoms with Crippen molar-refractivity contribution in [3.8, 4) is 0 Å². The molecule has 0 aliphatic heterocycles. The largest absolute Gasteiger partial charge is 0.412 e. The Balaban J connectivity index is 0. The topological polar surface area (TPSA) is 77.8 Å². The normalized spacial score (nSPS) is 30.0. The molecule has 0 saturated heterocycles. The van der Waals surface area contributed by atoms with Crippen LogP contribution < -0.4 is 5.73 Å². The average molecular weight is 184 g/mol. The van der Waals surface area contributed by atoms with Crippen LogP contribution in [0.3, 0.4) is 0 Å². The van der Waals surface area contributed by atoms with Gasteiger partial charge in [0.2, 0.25) is 0 Å². The van der Waals surface area contributed by atoms with E-state index in [1.165, 1.54) is 0 Å². The highest BCUT2D eigenvalue weighted by molar-refractivity contribution is 5.85. The third-order valence-corrected chi connectivity index (χ3v) is 2.15. The van der Waals surface area contributed by atoms with Gasteiger partial charge in [0, 0.05) is 12.6 Å². The minimum absolute atomic E-state index is 0. The van der Waals surface area contributed by atoms with Crippen LogP contribution in [0.4, 0.5) is 0 Å². The zero-order valence-corrected chi connectivity index (χ0v) is 7.44. The van der Waals surface area contributed by atoms with Gasteiger partial charge in [-0.05, 0) is 31.6 Å². The second-order valence-corrected chi connectivity index (χ2v) is 2.96. The summed E-state index contributed by atoms with van der Waals surface area (Å²) in [7, 11) is 0. The van der Waals surface area contributed by atoms with Gasteiger partial charge in [-0.2, -0.15) is 0 Å². The van der Waals surface area contributed by atoms with Crippen LogP contribution in [0.2, 0.25) is 0 Å². The highest BCUT2D eigenvalue weighted by Gasteiger charge is 2.16. The second kappa shape index (κ2) is 6.85. The van der Waals surface area contributed by atoms with Crippen molar-refractivity contribution >= 4 is 12.4 Å². The molecule has 0 spiro atoms. The number of nitrogens with two attached hydrogens (primary N) is 1. The summed E-state index contributed by atoms with van der Waals surface area (Å²) in [5.74, 6) is 0.546. The molecule has 70 valence electrons. The fourth-order valence-electron chi connectivity index (χ4n) is 1.37. The molecule has 0 atom stereocenters. The van der Waals surface area contributed by atoms with Crippen molar-refractivity contribution in [2.24, 2.45) is 11.7 Å². The van der Waals surface area contributed by atoms with Gasteiger partial charge in [0.25, 0.3) is 0 Å². The van der Waals surface area contributed by atoms with E-state index in [-0.39, 0.29) is 17.9 Å². The van der Waals surface area contributed by atoms with Gasteiger partial charge in [0.05, 0.1) is 0 Å². The number of aliphatic hydroxyl groups excluding tert-OH is 1. The third kappa shape index (κ3) is 4.58. The predicted molar refractivity (Wildman–Crippen MR) is 47.9 cm³/mol. The SMILES string of the molecule is Cl.NC1CCC(CO)CC1.O. The number of rotatable bonds is 1. The van der Waals surface area contributed by atoms with E-state index in [0.717, 1.165) is 25.7 Å². The van der Waals surface area contributed by atoms with E-state index in [2.05, 4.69) is 0 Å². The first-order valence-corrected chi connectivity index (χ1v) is 3.69. The van der Waals surface area contributed by atoms with E-state index >= 15 is 0 Å². The van der Waals surface area contributed by atoms with Crippen LogP contribution in [0.25, 0.3) is 0 Å². The smallest absolute Gasteiger partial charge is 0.0459 e. The Morgan fingerprint density at radius 2 is 1.64 bits per heavy atom. The molecule has 4 heteroatoms. The Morgan fingerprint density at radius 1 is 1.18 bits per heavy atom. The molecular weight excluding hydrogens is 166 g/mol. The average Bonchev–Trinajstić information content (AvgIpc) is 1.90. The minimum Gasteiger partial charge on any atom is -0.412 e. The number of halogens is 1. The van der Waals surface area contributed by atoms with E-state index < -0.39 is 0 Å². The second-order valence-electron chi connectivity index (χ2n) is 2.96. The first-order valence-electron chi connectivity index (χ1n) is 3.69. The van der Waals surface area contributed by atoms with E-state index in [4.69, 9.17) is 10.8 Å². The molecule has 1 aliphatic carbocycles. The molecule has 0 heterocycles.